The van der Waals surface area contributed by atoms with Crippen molar-refractivity contribution in [1.82, 2.24) is 4.90 Å². The lowest BCUT2D eigenvalue weighted by atomic mass is 9.83. The van der Waals surface area contributed by atoms with Crippen LogP contribution in [0.15, 0.2) is 70.6 Å². The number of nitro groups is 2. The van der Waals surface area contributed by atoms with Gasteiger partial charge < -0.3 is 24.8 Å². The van der Waals surface area contributed by atoms with Crippen molar-refractivity contribution in [2.24, 2.45) is 11.7 Å². The molecule has 1 saturated heterocycles. The van der Waals surface area contributed by atoms with Gasteiger partial charge in [0.25, 0.3) is 11.4 Å². The maximum atomic E-state index is 13.2. The third-order valence-corrected chi connectivity index (χ3v) is 7.53. The zero-order chi connectivity index (χ0) is 31.3. The number of carbonyl (C=O) groups excluding carboxylic acids is 4. The van der Waals surface area contributed by atoms with Crippen LogP contribution in [0.5, 0.6) is 0 Å². The number of thioether (sulfide) groups is 1. The first-order valence-corrected chi connectivity index (χ1v) is 13.5. The molecule has 0 aliphatic carbocycles. The largest absolute Gasteiger partial charge is 0.508 e. The molecule has 0 saturated carbocycles. The summed E-state index contributed by atoms with van der Waals surface area (Å²) in [5.74, 6) is -2.82. The summed E-state index contributed by atoms with van der Waals surface area (Å²) in [7, 11) is 0. The normalized spacial score (nSPS) is 18.1. The Morgan fingerprint density at radius 2 is 1.53 bits per heavy atom. The van der Waals surface area contributed by atoms with Crippen LogP contribution in [0.25, 0.3) is 0 Å². The second-order valence-corrected chi connectivity index (χ2v) is 10.4. The maximum absolute atomic E-state index is 13.2. The molecule has 2 heterocycles. The van der Waals surface area contributed by atoms with E-state index < -0.39 is 51.8 Å². The van der Waals surface area contributed by atoms with Crippen LogP contribution in [0, 0.1) is 26.1 Å². The van der Waals surface area contributed by atoms with E-state index in [0.717, 1.165) is 17.8 Å². The second-order valence-electron chi connectivity index (χ2n) is 9.39. The molecule has 1 fully saturated rings. The lowest BCUT2D eigenvalue weighted by Gasteiger charge is -2.45. The van der Waals surface area contributed by atoms with E-state index in [9.17, 15) is 39.4 Å². The van der Waals surface area contributed by atoms with Crippen LogP contribution >= 0.6 is 11.8 Å². The number of esters is 1. The number of hydrogen-bond acceptors (Lipinski definition) is 12. The highest BCUT2D eigenvalue weighted by molar-refractivity contribution is 8.05. The number of nitrogens with two attached hydrogens (primary N) is 1. The Labute approximate surface area is 247 Å². The standard InChI is InChI=1S/C27H24N4O11S/c1-15(42-27(35)41-14-17-4-8-19(9-5-17)31(38)39)23-20-12-21(43-11-10-22(28)32)24(29(20)25(23)33)26(34)40-13-16-2-6-18(7-3-16)30(36)37/h2-11,15,20,23H,12-14H2,1H3,(H2,28,32)/b11-10+. The number of benzene rings is 2. The monoisotopic (exact) mass is 612 g/mol. The van der Waals surface area contributed by atoms with Crippen molar-refractivity contribution in [3.05, 3.63) is 102 Å². The Bertz CT molecular complexity index is 1520. The minimum Gasteiger partial charge on any atom is -0.456 e. The summed E-state index contributed by atoms with van der Waals surface area (Å²) in [4.78, 5) is 72.0. The molecule has 0 bridgehead atoms. The van der Waals surface area contributed by atoms with Gasteiger partial charge in [-0.1, -0.05) is 11.8 Å². The number of nitrogens with zero attached hydrogens (tertiary/aromatic N) is 3. The SMILES string of the molecule is CC(OC(=O)OCc1ccc([N+](=O)[O-])cc1)C1C(=O)N2C(C(=O)OCc3ccc([N+](=O)[O-])cc3)=C(S/C=C/C(N)=O)CC12. The topological polar surface area (TPSA) is 212 Å². The fraction of sp³-hybridized carbons (Fsp3) is 0.259. The van der Waals surface area contributed by atoms with Gasteiger partial charge in [0.2, 0.25) is 11.8 Å². The molecular formula is C27H24N4O11S. The number of nitro benzene ring substituents is 2. The van der Waals surface area contributed by atoms with Crippen LogP contribution in [0.3, 0.4) is 0 Å². The third kappa shape index (κ3) is 7.16. The Kier molecular flexibility index (Phi) is 9.39. The number of amides is 2. The maximum Gasteiger partial charge on any atom is 0.508 e. The minimum absolute atomic E-state index is 0.0276. The predicted molar refractivity (Wildman–Crippen MR) is 148 cm³/mol. The molecule has 224 valence electrons. The lowest BCUT2D eigenvalue weighted by molar-refractivity contribution is -0.385. The van der Waals surface area contributed by atoms with Gasteiger partial charge in [-0.05, 0) is 47.7 Å². The molecule has 4 rings (SSSR count). The van der Waals surface area contributed by atoms with Gasteiger partial charge in [-0.25, -0.2) is 9.59 Å². The molecule has 2 aliphatic rings. The zero-order valence-electron chi connectivity index (χ0n) is 22.4. The number of ether oxygens (including phenoxy) is 3. The first-order valence-electron chi connectivity index (χ1n) is 12.6. The van der Waals surface area contributed by atoms with Crippen LogP contribution in [-0.2, 0) is 41.8 Å². The molecule has 2 N–H and O–H groups in total. The van der Waals surface area contributed by atoms with Gasteiger partial charge in [0.1, 0.15) is 25.0 Å². The number of rotatable bonds is 12. The quantitative estimate of drug-likeness (QED) is 0.120. The smallest absolute Gasteiger partial charge is 0.456 e. The van der Waals surface area contributed by atoms with Crippen molar-refractivity contribution in [1.29, 1.82) is 0 Å². The van der Waals surface area contributed by atoms with E-state index in [2.05, 4.69) is 0 Å². The van der Waals surface area contributed by atoms with E-state index >= 15 is 0 Å². The molecule has 0 aromatic heterocycles. The van der Waals surface area contributed by atoms with E-state index in [-0.39, 0.29) is 36.7 Å². The van der Waals surface area contributed by atoms with Crippen LogP contribution < -0.4 is 5.73 Å². The summed E-state index contributed by atoms with van der Waals surface area (Å²) in [5.41, 5.74) is 5.86. The lowest BCUT2D eigenvalue weighted by Crippen LogP contribution is -2.62. The van der Waals surface area contributed by atoms with E-state index in [1.165, 1.54) is 65.8 Å². The number of non-ortho nitro benzene ring substituents is 2. The van der Waals surface area contributed by atoms with E-state index in [0.29, 0.717) is 16.0 Å². The minimum atomic E-state index is -1.05. The molecule has 3 atom stereocenters. The summed E-state index contributed by atoms with van der Waals surface area (Å²) in [6.45, 7) is 1.08. The molecule has 43 heavy (non-hydrogen) atoms. The molecular weight excluding hydrogens is 588 g/mol. The molecule has 2 aromatic carbocycles. The van der Waals surface area contributed by atoms with Crippen molar-refractivity contribution in [2.75, 3.05) is 0 Å². The second kappa shape index (κ2) is 13.2. The summed E-state index contributed by atoms with van der Waals surface area (Å²) in [6.07, 6.45) is -0.678. The van der Waals surface area contributed by atoms with Crippen LogP contribution in [0.2, 0.25) is 0 Å². The summed E-state index contributed by atoms with van der Waals surface area (Å²) in [5, 5.41) is 23.0. The van der Waals surface area contributed by atoms with Gasteiger partial charge in [0.15, 0.2) is 0 Å². The van der Waals surface area contributed by atoms with Gasteiger partial charge >= 0.3 is 12.1 Å². The predicted octanol–water partition coefficient (Wildman–Crippen LogP) is 3.46. The Morgan fingerprint density at radius 1 is 1.00 bits per heavy atom. The van der Waals surface area contributed by atoms with E-state index in [4.69, 9.17) is 19.9 Å². The average Bonchev–Trinajstić information content (AvgIpc) is 3.29. The Morgan fingerprint density at radius 3 is 2.05 bits per heavy atom. The Hall–Kier alpha value is -5.25. The summed E-state index contributed by atoms with van der Waals surface area (Å²) < 4.78 is 15.8. The van der Waals surface area contributed by atoms with Crippen LogP contribution in [0.1, 0.15) is 24.5 Å². The summed E-state index contributed by atoms with van der Waals surface area (Å²) in [6, 6.07) is 10.3. The first-order chi connectivity index (χ1) is 20.5. The molecule has 0 spiro atoms. The summed E-state index contributed by atoms with van der Waals surface area (Å²) >= 11 is 1.02. The van der Waals surface area contributed by atoms with Gasteiger partial charge in [-0.2, -0.15) is 0 Å². The molecule has 3 unspecified atom stereocenters. The third-order valence-electron chi connectivity index (χ3n) is 6.61. The van der Waals surface area contributed by atoms with Crippen molar-refractivity contribution in [2.45, 2.75) is 38.7 Å². The van der Waals surface area contributed by atoms with Crippen molar-refractivity contribution in [3.8, 4) is 0 Å². The zero-order valence-corrected chi connectivity index (χ0v) is 23.3. The van der Waals surface area contributed by atoms with Crippen LogP contribution in [-0.4, -0.2) is 50.8 Å². The number of primary amides is 1. The van der Waals surface area contributed by atoms with Crippen molar-refractivity contribution in [3.63, 3.8) is 0 Å². The highest BCUT2D eigenvalue weighted by Gasteiger charge is 2.58. The van der Waals surface area contributed by atoms with Gasteiger partial charge in [0, 0.05) is 41.7 Å². The molecule has 16 heteroatoms. The molecule has 2 aliphatic heterocycles. The molecule has 0 radical (unpaired) electrons. The van der Waals surface area contributed by atoms with E-state index in [1.807, 2.05) is 0 Å². The van der Waals surface area contributed by atoms with Gasteiger partial charge in [-0.15, -0.1) is 0 Å². The number of β-lactam (4-membered cyclic amide) rings is 1. The number of carbonyl (C=O) groups is 4. The van der Waals surface area contributed by atoms with Gasteiger partial charge in [0.05, 0.1) is 21.8 Å². The van der Waals surface area contributed by atoms with Crippen LogP contribution in [0.4, 0.5) is 16.2 Å². The average molecular weight is 613 g/mol. The highest BCUT2D eigenvalue weighted by Crippen LogP contribution is 2.48. The molecule has 15 nitrogen and oxygen atoms in total. The highest BCUT2D eigenvalue weighted by atomic mass is 32.2. The fourth-order valence-electron chi connectivity index (χ4n) is 4.54. The first kappa shape index (κ1) is 30.7. The molecule has 2 aromatic rings. The fourth-order valence-corrected chi connectivity index (χ4v) is 5.47. The van der Waals surface area contributed by atoms with Crippen molar-refractivity contribution >= 4 is 47.1 Å². The Balaban J connectivity index is 1.39. The number of fused-ring (bicyclic) bond motifs is 1. The van der Waals surface area contributed by atoms with Gasteiger partial charge in [-0.3, -0.25) is 29.8 Å². The van der Waals surface area contributed by atoms with E-state index in [1.54, 1.807) is 0 Å². The molecule has 2 amide bonds. The van der Waals surface area contributed by atoms with Crippen molar-refractivity contribution < 1.29 is 43.2 Å². The number of hydrogen-bond donors (Lipinski definition) is 1.